The molecule has 9 heteroatoms. The largest absolute Gasteiger partial charge is 0.436 e. The SMILES string of the molecule is O=C(NNS(=O)(=O)c1ccc(-c2ncc(-c3ccccc3)o2)cc1)c1ccncc1. The molecule has 1 amide bonds. The predicted molar refractivity (Wildman–Crippen MR) is 109 cm³/mol. The van der Waals surface area contributed by atoms with Crippen LogP contribution in [-0.4, -0.2) is 24.3 Å². The van der Waals surface area contributed by atoms with Crippen molar-refractivity contribution in [2.45, 2.75) is 4.90 Å². The Morgan fingerprint density at radius 2 is 1.57 bits per heavy atom. The molecule has 30 heavy (non-hydrogen) atoms. The van der Waals surface area contributed by atoms with Gasteiger partial charge in [0.1, 0.15) is 0 Å². The number of nitrogens with one attached hydrogen (secondary N) is 2. The number of pyridine rings is 1. The smallest absolute Gasteiger partial charge is 0.266 e. The summed E-state index contributed by atoms with van der Waals surface area (Å²) in [4.78, 5) is 22.1. The molecule has 0 aliphatic carbocycles. The monoisotopic (exact) mass is 420 g/mol. The average molecular weight is 420 g/mol. The van der Waals surface area contributed by atoms with Gasteiger partial charge in [0.25, 0.3) is 15.9 Å². The Labute approximate surface area is 172 Å². The van der Waals surface area contributed by atoms with E-state index in [0.717, 1.165) is 5.56 Å². The Morgan fingerprint density at radius 1 is 0.867 bits per heavy atom. The van der Waals surface area contributed by atoms with E-state index in [1.165, 1.54) is 36.7 Å². The number of rotatable bonds is 6. The van der Waals surface area contributed by atoms with Crippen LogP contribution in [0.15, 0.2) is 94.6 Å². The number of amides is 1. The molecule has 2 aromatic carbocycles. The molecule has 0 unspecified atom stereocenters. The fourth-order valence-electron chi connectivity index (χ4n) is 2.67. The summed E-state index contributed by atoms with van der Waals surface area (Å²) in [6, 6.07) is 18.4. The quantitative estimate of drug-likeness (QED) is 0.464. The number of hydrogen-bond donors (Lipinski definition) is 2. The fraction of sp³-hybridized carbons (Fsp3) is 0. The molecule has 4 aromatic rings. The third-order valence-electron chi connectivity index (χ3n) is 4.22. The van der Waals surface area contributed by atoms with Crippen molar-refractivity contribution < 1.29 is 17.6 Å². The lowest BCUT2D eigenvalue weighted by molar-refractivity contribution is 0.0945. The maximum atomic E-state index is 12.4. The topological polar surface area (TPSA) is 114 Å². The van der Waals surface area contributed by atoms with Crippen LogP contribution in [0.5, 0.6) is 0 Å². The van der Waals surface area contributed by atoms with Gasteiger partial charge in [0.05, 0.1) is 11.1 Å². The van der Waals surface area contributed by atoms with Crippen LogP contribution in [0.25, 0.3) is 22.8 Å². The van der Waals surface area contributed by atoms with Crippen molar-refractivity contribution in [3.05, 3.63) is 90.9 Å². The zero-order chi connectivity index (χ0) is 21.0. The highest BCUT2D eigenvalue weighted by Crippen LogP contribution is 2.26. The molecule has 0 aliphatic rings. The minimum atomic E-state index is -3.95. The van der Waals surface area contributed by atoms with E-state index >= 15 is 0 Å². The molecule has 4 rings (SSSR count). The highest BCUT2D eigenvalue weighted by atomic mass is 32.2. The third kappa shape index (κ3) is 4.27. The highest BCUT2D eigenvalue weighted by molar-refractivity contribution is 7.89. The van der Waals surface area contributed by atoms with E-state index in [0.29, 0.717) is 17.2 Å². The first kappa shape index (κ1) is 19.5. The van der Waals surface area contributed by atoms with Crippen molar-refractivity contribution in [2.24, 2.45) is 0 Å². The average Bonchev–Trinajstić information content (AvgIpc) is 3.29. The van der Waals surface area contributed by atoms with Gasteiger partial charge < -0.3 is 4.42 Å². The molecule has 150 valence electrons. The second-order valence-corrected chi connectivity index (χ2v) is 7.90. The van der Waals surface area contributed by atoms with Crippen molar-refractivity contribution in [3.63, 3.8) is 0 Å². The number of aromatic nitrogens is 2. The molecule has 0 radical (unpaired) electrons. The van der Waals surface area contributed by atoms with E-state index in [-0.39, 0.29) is 10.5 Å². The van der Waals surface area contributed by atoms with Gasteiger partial charge in [-0.1, -0.05) is 30.3 Å². The molecule has 0 saturated carbocycles. The lowest BCUT2D eigenvalue weighted by Gasteiger charge is -2.08. The van der Waals surface area contributed by atoms with Crippen molar-refractivity contribution in [2.75, 3.05) is 0 Å². The number of hydrazine groups is 1. The van der Waals surface area contributed by atoms with Gasteiger partial charge in [0.2, 0.25) is 5.89 Å². The van der Waals surface area contributed by atoms with Gasteiger partial charge in [-0.25, -0.2) is 13.4 Å². The van der Waals surface area contributed by atoms with Gasteiger partial charge in [-0.2, -0.15) is 0 Å². The summed E-state index contributed by atoms with van der Waals surface area (Å²) in [6.07, 6.45) is 4.49. The maximum absolute atomic E-state index is 12.4. The number of hydrogen-bond acceptors (Lipinski definition) is 6. The first-order valence-corrected chi connectivity index (χ1v) is 10.4. The van der Waals surface area contributed by atoms with Crippen LogP contribution in [0.4, 0.5) is 0 Å². The number of sulfonamides is 1. The summed E-state index contributed by atoms with van der Waals surface area (Å²) in [7, 11) is -3.95. The Kier molecular flexibility index (Phi) is 5.38. The molecule has 2 heterocycles. The molecule has 2 N–H and O–H groups in total. The second-order valence-electron chi connectivity index (χ2n) is 6.22. The minimum Gasteiger partial charge on any atom is -0.436 e. The highest BCUT2D eigenvalue weighted by Gasteiger charge is 2.17. The predicted octanol–water partition coefficient (Wildman–Crippen LogP) is 3.03. The van der Waals surface area contributed by atoms with Gasteiger partial charge in [-0.05, 0) is 36.4 Å². The summed E-state index contributed by atoms with van der Waals surface area (Å²) in [5.41, 5.74) is 3.96. The van der Waals surface area contributed by atoms with Crippen molar-refractivity contribution >= 4 is 15.9 Å². The van der Waals surface area contributed by atoms with Crippen LogP contribution in [-0.2, 0) is 10.0 Å². The van der Waals surface area contributed by atoms with E-state index in [2.05, 4.69) is 20.2 Å². The Hall–Kier alpha value is -3.82. The lowest BCUT2D eigenvalue weighted by Crippen LogP contribution is -2.41. The lowest BCUT2D eigenvalue weighted by atomic mass is 10.2. The molecule has 0 bridgehead atoms. The van der Waals surface area contributed by atoms with Crippen LogP contribution < -0.4 is 10.3 Å². The number of carbonyl (C=O) groups excluding carboxylic acids is 1. The van der Waals surface area contributed by atoms with E-state index in [1.54, 1.807) is 18.3 Å². The Bertz CT molecular complexity index is 1260. The summed E-state index contributed by atoms with van der Waals surface area (Å²) in [6.45, 7) is 0. The number of carbonyl (C=O) groups is 1. The molecule has 0 saturated heterocycles. The second kappa shape index (κ2) is 8.27. The van der Waals surface area contributed by atoms with Crippen LogP contribution >= 0.6 is 0 Å². The first-order chi connectivity index (χ1) is 14.5. The summed E-state index contributed by atoms with van der Waals surface area (Å²) >= 11 is 0. The molecule has 0 fully saturated rings. The maximum Gasteiger partial charge on any atom is 0.266 e. The van der Waals surface area contributed by atoms with Crippen LogP contribution in [0, 0.1) is 0 Å². The van der Waals surface area contributed by atoms with E-state index in [4.69, 9.17) is 4.42 Å². The molecule has 8 nitrogen and oxygen atoms in total. The van der Waals surface area contributed by atoms with Crippen molar-refractivity contribution in [1.29, 1.82) is 0 Å². The molecule has 0 atom stereocenters. The molecule has 0 spiro atoms. The standard InChI is InChI=1S/C21H16N4O4S/c26-20(16-10-12-22-13-11-16)24-25-30(27,28)18-8-6-17(7-9-18)21-23-14-19(29-21)15-4-2-1-3-5-15/h1-14,25H,(H,24,26). The number of oxazole rings is 1. The summed E-state index contributed by atoms with van der Waals surface area (Å²) < 4.78 is 30.6. The van der Waals surface area contributed by atoms with E-state index in [9.17, 15) is 13.2 Å². The molecule has 0 aliphatic heterocycles. The van der Waals surface area contributed by atoms with Crippen molar-refractivity contribution in [1.82, 2.24) is 20.2 Å². The Morgan fingerprint density at radius 3 is 2.27 bits per heavy atom. The molecule has 2 aromatic heterocycles. The number of benzene rings is 2. The van der Waals surface area contributed by atoms with Crippen LogP contribution in [0.3, 0.4) is 0 Å². The van der Waals surface area contributed by atoms with Gasteiger partial charge in [-0.3, -0.25) is 15.2 Å². The van der Waals surface area contributed by atoms with Gasteiger partial charge >= 0.3 is 0 Å². The molecular weight excluding hydrogens is 404 g/mol. The first-order valence-electron chi connectivity index (χ1n) is 8.87. The van der Waals surface area contributed by atoms with E-state index in [1.807, 2.05) is 30.3 Å². The van der Waals surface area contributed by atoms with Crippen molar-refractivity contribution in [3.8, 4) is 22.8 Å². The van der Waals surface area contributed by atoms with Gasteiger partial charge in [0, 0.05) is 29.1 Å². The van der Waals surface area contributed by atoms with Crippen LogP contribution in [0.2, 0.25) is 0 Å². The van der Waals surface area contributed by atoms with E-state index < -0.39 is 15.9 Å². The Balaban J connectivity index is 1.46. The normalized spacial score (nSPS) is 11.2. The zero-order valence-corrected chi connectivity index (χ0v) is 16.3. The minimum absolute atomic E-state index is 0.0175. The molecular formula is C21H16N4O4S. The van der Waals surface area contributed by atoms with Gasteiger partial charge in [0.15, 0.2) is 5.76 Å². The number of nitrogens with zero attached hydrogens (tertiary/aromatic N) is 2. The summed E-state index contributed by atoms with van der Waals surface area (Å²) in [5.74, 6) is 0.394. The third-order valence-corrected chi connectivity index (χ3v) is 5.48. The van der Waals surface area contributed by atoms with Gasteiger partial charge in [-0.15, -0.1) is 4.83 Å². The summed E-state index contributed by atoms with van der Waals surface area (Å²) in [5, 5.41) is 0. The van der Waals surface area contributed by atoms with Crippen LogP contribution in [0.1, 0.15) is 10.4 Å². The fourth-order valence-corrected chi connectivity index (χ4v) is 3.51. The zero-order valence-electron chi connectivity index (χ0n) is 15.5.